The number of hydrogen-bond donors (Lipinski definition) is 0. The molecule has 70 valence electrons. The molecule has 0 heterocycles. The second kappa shape index (κ2) is 4.92. The summed E-state index contributed by atoms with van der Waals surface area (Å²) >= 11 is 0. The summed E-state index contributed by atoms with van der Waals surface area (Å²) in [7, 11) is 0. The molecule has 0 aliphatic heterocycles. The third-order valence-electron chi connectivity index (χ3n) is 3.13. The predicted molar refractivity (Wildman–Crippen MR) is 58.2 cm³/mol. The first-order valence-electron chi connectivity index (χ1n) is 5.02. The Hall–Kier alpha value is -0.960. The number of allylic oxidation sites excluding steroid dienone is 2. The third kappa shape index (κ3) is 2.25. The van der Waals surface area contributed by atoms with Crippen molar-refractivity contribution in [2.75, 3.05) is 0 Å². The van der Waals surface area contributed by atoms with E-state index in [9.17, 15) is 0 Å². The van der Waals surface area contributed by atoms with E-state index in [1.54, 1.807) is 0 Å². The van der Waals surface area contributed by atoms with Gasteiger partial charge < -0.3 is 0 Å². The number of hydrogen-bond acceptors (Lipinski definition) is 0. The second-order valence-electron chi connectivity index (χ2n) is 3.80. The van der Waals surface area contributed by atoms with Gasteiger partial charge in [-0.3, -0.25) is 0 Å². The summed E-state index contributed by atoms with van der Waals surface area (Å²) in [6.07, 6.45) is 14.2. The van der Waals surface area contributed by atoms with Gasteiger partial charge in [0.25, 0.3) is 0 Å². The van der Waals surface area contributed by atoms with Crippen molar-refractivity contribution in [1.82, 2.24) is 0 Å². The molecule has 0 aromatic heterocycles. The van der Waals surface area contributed by atoms with E-state index in [2.05, 4.69) is 31.2 Å². The van der Waals surface area contributed by atoms with Crippen LogP contribution < -0.4 is 0 Å². The highest BCUT2D eigenvalue weighted by molar-refractivity contribution is 5.01. The van der Waals surface area contributed by atoms with Crippen molar-refractivity contribution < 1.29 is 0 Å². The fraction of sp³-hybridized carbons (Fsp3) is 0.538. The van der Waals surface area contributed by atoms with Gasteiger partial charge in [-0.25, -0.2) is 0 Å². The summed E-state index contributed by atoms with van der Waals surface area (Å²) < 4.78 is 0. The molecule has 1 fully saturated rings. The lowest BCUT2D eigenvalue weighted by atomic mass is 9.71. The van der Waals surface area contributed by atoms with Gasteiger partial charge in [-0.2, -0.15) is 0 Å². The van der Waals surface area contributed by atoms with Gasteiger partial charge in [-0.15, -0.1) is 25.5 Å². The van der Waals surface area contributed by atoms with Crippen molar-refractivity contribution in [2.45, 2.75) is 25.7 Å². The molecule has 0 heteroatoms. The van der Waals surface area contributed by atoms with Crippen molar-refractivity contribution in [3.05, 3.63) is 25.3 Å². The minimum absolute atomic E-state index is 0.591. The van der Waals surface area contributed by atoms with Crippen LogP contribution in [0.15, 0.2) is 25.3 Å². The molecule has 0 spiro atoms. The fourth-order valence-corrected chi connectivity index (χ4v) is 2.36. The first-order valence-corrected chi connectivity index (χ1v) is 5.02. The SMILES string of the molecule is C#CCC1[C@H](C=C)CCC[C@H]1C=C. The summed E-state index contributed by atoms with van der Waals surface area (Å²) in [4.78, 5) is 0. The van der Waals surface area contributed by atoms with E-state index in [4.69, 9.17) is 6.42 Å². The number of terminal acetylenes is 1. The van der Waals surface area contributed by atoms with Crippen molar-refractivity contribution in [3.63, 3.8) is 0 Å². The molecule has 1 aliphatic rings. The highest BCUT2D eigenvalue weighted by atomic mass is 14.3. The lowest BCUT2D eigenvalue weighted by Crippen LogP contribution is -2.25. The quantitative estimate of drug-likeness (QED) is 0.454. The van der Waals surface area contributed by atoms with E-state index < -0.39 is 0 Å². The summed E-state index contributed by atoms with van der Waals surface area (Å²) in [6, 6.07) is 0. The summed E-state index contributed by atoms with van der Waals surface area (Å²) in [6.45, 7) is 7.77. The zero-order valence-corrected chi connectivity index (χ0v) is 8.21. The molecule has 0 unspecified atom stereocenters. The molecule has 0 aromatic carbocycles. The molecule has 0 N–H and O–H groups in total. The molecule has 0 amide bonds. The first-order chi connectivity index (χ1) is 6.33. The molecule has 0 saturated heterocycles. The average Bonchev–Trinajstić information content (AvgIpc) is 2.18. The van der Waals surface area contributed by atoms with E-state index in [0.717, 1.165) is 6.42 Å². The molecular formula is C13H18. The highest BCUT2D eigenvalue weighted by Crippen LogP contribution is 2.37. The van der Waals surface area contributed by atoms with E-state index in [1.807, 2.05) is 0 Å². The van der Waals surface area contributed by atoms with Crippen molar-refractivity contribution in [2.24, 2.45) is 17.8 Å². The van der Waals surface area contributed by atoms with Crippen LogP contribution in [0.3, 0.4) is 0 Å². The van der Waals surface area contributed by atoms with Crippen LogP contribution >= 0.6 is 0 Å². The molecule has 0 radical (unpaired) electrons. The van der Waals surface area contributed by atoms with E-state index in [1.165, 1.54) is 19.3 Å². The Labute approximate surface area is 81.7 Å². The molecular weight excluding hydrogens is 156 g/mol. The van der Waals surface area contributed by atoms with Gasteiger partial charge in [0, 0.05) is 6.42 Å². The predicted octanol–water partition coefficient (Wildman–Crippen LogP) is 3.41. The molecule has 1 aliphatic carbocycles. The van der Waals surface area contributed by atoms with Gasteiger partial charge in [-0.1, -0.05) is 18.6 Å². The molecule has 13 heavy (non-hydrogen) atoms. The van der Waals surface area contributed by atoms with E-state index in [0.29, 0.717) is 17.8 Å². The van der Waals surface area contributed by atoms with Crippen molar-refractivity contribution >= 4 is 0 Å². The lowest BCUT2D eigenvalue weighted by molar-refractivity contribution is 0.228. The zero-order valence-electron chi connectivity index (χ0n) is 8.21. The molecule has 1 rings (SSSR count). The average molecular weight is 174 g/mol. The van der Waals surface area contributed by atoms with Gasteiger partial charge in [0.15, 0.2) is 0 Å². The number of rotatable bonds is 3. The summed E-state index contributed by atoms with van der Waals surface area (Å²) in [5, 5.41) is 0. The van der Waals surface area contributed by atoms with Gasteiger partial charge in [-0.05, 0) is 30.6 Å². The zero-order chi connectivity index (χ0) is 9.68. The third-order valence-corrected chi connectivity index (χ3v) is 3.13. The van der Waals surface area contributed by atoms with Crippen molar-refractivity contribution in [1.29, 1.82) is 0 Å². The van der Waals surface area contributed by atoms with E-state index in [-0.39, 0.29) is 0 Å². The maximum absolute atomic E-state index is 5.37. The van der Waals surface area contributed by atoms with Gasteiger partial charge >= 0.3 is 0 Å². The minimum atomic E-state index is 0.591. The van der Waals surface area contributed by atoms with Crippen LogP contribution in [0.4, 0.5) is 0 Å². The minimum Gasteiger partial charge on any atom is -0.120 e. The molecule has 0 aromatic rings. The van der Waals surface area contributed by atoms with Crippen LogP contribution in [0.25, 0.3) is 0 Å². The first kappa shape index (κ1) is 10.1. The van der Waals surface area contributed by atoms with Crippen LogP contribution in [0, 0.1) is 30.1 Å². The fourth-order valence-electron chi connectivity index (χ4n) is 2.36. The van der Waals surface area contributed by atoms with Gasteiger partial charge in [0.2, 0.25) is 0 Å². The Bertz CT molecular complexity index is 203. The normalized spacial score (nSPS) is 29.2. The van der Waals surface area contributed by atoms with Crippen LogP contribution in [0.1, 0.15) is 25.7 Å². The molecule has 0 bridgehead atoms. The summed E-state index contributed by atoms with van der Waals surface area (Å²) in [5.74, 6) is 4.57. The standard InChI is InChI=1S/C13H18/c1-4-8-13-11(5-2)9-7-10-12(13)6-3/h1,5-6,11-13H,2-3,7-10H2/t11-,12-/m1/s1. The van der Waals surface area contributed by atoms with Gasteiger partial charge in [0.1, 0.15) is 0 Å². The summed E-state index contributed by atoms with van der Waals surface area (Å²) in [5.41, 5.74) is 0. The van der Waals surface area contributed by atoms with Crippen molar-refractivity contribution in [3.8, 4) is 12.3 Å². The Morgan fingerprint density at radius 2 is 1.77 bits per heavy atom. The largest absolute Gasteiger partial charge is 0.120 e. The maximum Gasteiger partial charge on any atom is 0.0126 e. The Kier molecular flexibility index (Phi) is 3.83. The molecule has 1 saturated carbocycles. The highest BCUT2D eigenvalue weighted by Gasteiger charge is 2.28. The molecule has 0 nitrogen and oxygen atoms in total. The Balaban J connectivity index is 2.70. The Morgan fingerprint density at radius 1 is 1.23 bits per heavy atom. The van der Waals surface area contributed by atoms with Crippen LogP contribution in [0.2, 0.25) is 0 Å². The molecule has 2 atom stereocenters. The smallest absolute Gasteiger partial charge is 0.0126 e. The lowest BCUT2D eigenvalue weighted by Gasteiger charge is -2.34. The van der Waals surface area contributed by atoms with Crippen LogP contribution in [-0.2, 0) is 0 Å². The van der Waals surface area contributed by atoms with Crippen LogP contribution in [-0.4, -0.2) is 0 Å². The Morgan fingerprint density at radius 3 is 2.15 bits per heavy atom. The topological polar surface area (TPSA) is 0 Å². The maximum atomic E-state index is 5.37. The van der Waals surface area contributed by atoms with Gasteiger partial charge in [0.05, 0.1) is 0 Å². The second-order valence-corrected chi connectivity index (χ2v) is 3.80. The van der Waals surface area contributed by atoms with E-state index >= 15 is 0 Å². The monoisotopic (exact) mass is 174 g/mol. The van der Waals surface area contributed by atoms with Crippen LogP contribution in [0.5, 0.6) is 0 Å².